The third-order valence-corrected chi connectivity index (χ3v) is 5.65. The van der Waals surface area contributed by atoms with E-state index in [1.807, 2.05) is 0 Å². The smallest absolute Gasteiger partial charge is 0.329 e. The summed E-state index contributed by atoms with van der Waals surface area (Å²) in [6, 6.07) is 16.6. The summed E-state index contributed by atoms with van der Waals surface area (Å²) in [6.45, 7) is 0.0295. The Morgan fingerprint density at radius 2 is 1.78 bits per heavy atom. The van der Waals surface area contributed by atoms with Gasteiger partial charge in [0.25, 0.3) is 5.91 Å². The van der Waals surface area contributed by atoms with Crippen molar-refractivity contribution in [2.75, 3.05) is 18.7 Å². The van der Waals surface area contributed by atoms with Gasteiger partial charge in [0.05, 0.1) is 16.3 Å². The molecule has 3 aromatic carbocycles. The highest BCUT2D eigenvalue weighted by Crippen LogP contribution is 2.32. The molecule has 1 aliphatic rings. The Kier molecular flexibility index (Phi) is 8.44. The molecule has 4 rings (SSSR count). The number of anilines is 1. The van der Waals surface area contributed by atoms with E-state index in [1.165, 1.54) is 12.3 Å². The van der Waals surface area contributed by atoms with E-state index in [0.29, 0.717) is 38.5 Å². The first-order chi connectivity index (χ1) is 17.9. The number of carbonyl (C=O) groups excluding carboxylic acids is 3. The van der Waals surface area contributed by atoms with Gasteiger partial charge in [-0.25, -0.2) is 5.43 Å². The maximum atomic E-state index is 12.1. The molecule has 0 radical (unpaired) electrons. The van der Waals surface area contributed by atoms with Gasteiger partial charge in [-0.2, -0.15) is 5.10 Å². The molecule has 190 valence electrons. The van der Waals surface area contributed by atoms with E-state index in [2.05, 4.69) is 21.2 Å². The van der Waals surface area contributed by atoms with E-state index in [1.54, 1.807) is 54.6 Å². The summed E-state index contributed by atoms with van der Waals surface area (Å²) in [7, 11) is 0. The predicted octanol–water partition coefficient (Wildman–Crippen LogP) is 3.51. The van der Waals surface area contributed by atoms with Gasteiger partial charge >= 0.3 is 11.8 Å². The lowest BCUT2D eigenvalue weighted by molar-refractivity contribution is -0.139. The summed E-state index contributed by atoms with van der Waals surface area (Å²) in [5, 5.41) is 9.65. The van der Waals surface area contributed by atoms with Gasteiger partial charge in [-0.15, -0.1) is 0 Å². The van der Waals surface area contributed by atoms with Gasteiger partial charge in [0, 0.05) is 12.2 Å². The van der Waals surface area contributed by atoms with Gasteiger partial charge in [-0.05, 0) is 53.6 Å². The maximum absolute atomic E-state index is 12.1. The normalized spacial score (nSPS) is 11.7. The Morgan fingerprint density at radius 3 is 2.62 bits per heavy atom. The van der Waals surface area contributed by atoms with Crippen LogP contribution in [-0.4, -0.2) is 37.3 Å². The second-order valence-electron chi connectivity index (χ2n) is 7.61. The van der Waals surface area contributed by atoms with Crippen LogP contribution in [-0.2, 0) is 20.9 Å². The molecular weight excluding hydrogens is 523 g/mol. The molecule has 1 aliphatic heterocycles. The lowest BCUT2D eigenvalue weighted by Gasteiger charge is -2.08. The van der Waals surface area contributed by atoms with Crippen molar-refractivity contribution in [3.63, 3.8) is 0 Å². The van der Waals surface area contributed by atoms with Crippen LogP contribution in [0.15, 0.2) is 65.8 Å². The summed E-state index contributed by atoms with van der Waals surface area (Å²) >= 11 is 11.8. The van der Waals surface area contributed by atoms with E-state index in [-0.39, 0.29) is 19.9 Å². The Bertz CT molecular complexity index is 1360. The molecule has 3 N–H and O–H groups in total. The minimum absolute atomic E-state index is 0.130. The number of hydrogen-bond acceptors (Lipinski definition) is 7. The number of rotatable bonds is 8. The number of benzene rings is 3. The van der Waals surface area contributed by atoms with Gasteiger partial charge in [-0.3, -0.25) is 14.4 Å². The monoisotopic (exact) mass is 542 g/mol. The zero-order valence-corrected chi connectivity index (χ0v) is 20.6. The van der Waals surface area contributed by atoms with Crippen LogP contribution in [0.5, 0.6) is 17.2 Å². The fourth-order valence-corrected chi connectivity index (χ4v) is 3.43. The van der Waals surface area contributed by atoms with E-state index in [4.69, 9.17) is 37.4 Å². The van der Waals surface area contributed by atoms with Crippen molar-refractivity contribution in [3.05, 3.63) is 81.8 Å². The summed E-state index contributed by atoms with van der Waals surface area (Å²) in [4.78, 5) is 36.2. The van der Waals surface area contributed by atoms with Crippen molar-refractivity contribution in [1.29, 1.82) is 0 Å². The molecule has 0 atom stereocenters. The number of nitrogens with zero attached hydrogens (tertiary/aromatic N) is 1. The van der Waals surface area contributed by atoms with Crippen LogP contribution in [0, 0.1) is 0 Å². The first-order valence-electron chi connectivity index (χ1n) is 10.8. The molecule has 0 bridgehead atoms. The second-order valence-corrected chi connectivity index (χ2v) is 8.42. The van der Waals surface area contributed by atoms with Crippen molar-refractivity contribution in [1.82, 2.24) is 10.7 Å². The largest absolute Gasteiger partial charge is 0.484 e. The minimum Gasteiger partial charge on any atom is -0.484 e. The number of fused-ring (bicyclic) bond motifs is 1. The van der Waals surface area contributed by atoms with Gasteiger partial charge in [0.2, 0.25) is 6.79 Å². The Morgan fingerprint density at radius 1 is 0.946 bits per heavy atom. The molecule has 3 amide bonds. The molecule has 10 nitrogen and oxygen atoms in total. The van der Waals surface area contributed by atoms with Crippen molar-refractivity contribution in [2.45, 2.75) is 6.54 Å². The fraction of sp³-hybridized carbons (Fsp3) is 0.120. The van der Waals surface area contributed by atoms with Crippen LogP contribution in [0.25, 0.3) is 0 Å². The molecule has 0 unspecified atom stereocenters. The number of ether oxygens (including phenoxy) is 3. The summed E-state index contributed by atoms with van der Waals surface area (Å²) < 4.78 is 16.0. The van der Waals surface area contributed by atoms with Crippen molar-refractivity contribution < 1.29 is 28.6 Å². The van der Waals surface area contributed by atoms with Crippen molar-refractivity contribution >= 4 is 52.8 Å². The number of hydrogen-bond donors (Lipinski definition) is 3. The van der Waals surface area contributed by atoms with Gasteiger partial charge in [0.15, 0.2) is 18.1 Å². The standard InChI is InChI=1S/C25H20Cl2N4O6/c26-19-6-5-17(10-20(19)27)30-23(32)13-35-18-3-1-2-15(8-18)12-29-31-25(34)24(33)28-11-16-4-7-21-22(9-16)37-14-36-21/h1-10,12H,11,13-14H2,(H,28,33)(H,30,32)(H,31,34)/b29-12-. The highest BCUT2D eigenvalue weighted by molar-refractivity contribution is 6.42. The molecule has 0 saturated carbocycles. The van der Waals surface area contributed by atoms with Gasteiger partial charge in [0.1, 0.15) is 5.75 Å². The average Bonchev–Trinajstić information content (AvgIpc) is 3.36. The highest BCUT2D eigenvalue weighted by atomic mass is 35.5. The van der Waals surface area contributed by atoms with Gasteiger partial charge in [-0.1, -0.05) is 41.4 Å². The second kappa shape index (κ2) is 12.1. The van der Waals surface area contributed by atoms with Crippen molar-refractivity contribution in [3.8, 4) is 17.2 Å². The lowest BCUT2D eigenvalue weighted by atomic mass is 10.2. The van der Waals surface area contributed by atoms with E-state index >= 15 is 0 Å². The maximum Gasteiger partial charge on any atom is 0.329 e. The Balaban J connectivity index is 1.21. The number of hydrazone groups is 1. The van der Waals surface area contributed by atoms with Crippen LogP contribution in [0.1, 0.15) is 11.1 Å². The SMILES string of the molecule is O=C(COc1cccc(/C=N\NC(=O)C(=O)NCc2ccc3c(c2)OCO3)c1)Nc1ccc(Cl)c(Cl)c1. The number of amides is 3. The summed E-state index contributed by atoms with van der Waals surface area (Å²) in [5.41, 5.74) is 3.97. The third-order valence-electron chi connectivity index (χ3n) is 4.91. The van der Waals surface area contributed by atoms with Crippen LogP contribution < -0.4 is 30.3 Å². The molecule has 1 heterocycles. The van der Waals surface area contributed by atoms with E-state index < -0.39 is 17.7 Å². The first-order valence-corrected chi connectivity index (χ1v) is 11.6. The predicted molar refractivity (Wildman–Crippen MR) is 137 cm³/mol. The van der Waals surface area contributed by atoms with Crippen molar-refractivity contribution in [2.24, 2.45) is 5.10 Å². The van der Waals surface area contributed by atoms with Gasteiger partial charge < -0.3 is 24.8 Å². The van der Waals surface area contributed by atoms with Crippen LogP contribution in [0.4, 0.5) is 5.69 Å². The number of halogens is 2. The molecular formula is C25H20Cl2N4O6. The Hall–Kier alpha value is -4.28. The third kappa shape index (κ3) is 7.35. The first kappa shape index (κ1) is 25.8. The quantitative estimate of drug-likeness (QED) is 0.227. The average molecular weight is 543 g/mol. The minimum atomic E-state index is -0.927. The molecule has 0 spiro atoms. The molecule has 12 heteroatoms. The fourth-order valence-electron chi connectivity index (χ4n) is 3.13. The number of nitrogens with one attached hydrogen (secondary N) is 3. The lowest BCUT2D eigenvalue weighted by Crippen LogP contribution is -2.37. The molecule has 0 aliphatic carbocycles. The highest BCUT2D eigenvalue weighted by Gasteiger charge is 2.15. The summed E-state index contributed by atoms with van der Waals surface area (Å²) in [5.74, 6) is -0.553. The molecule has 0 aromatic heterocycles. The van der Waals surface area contributed by atoms with E-state index in [9.17, 15) is 14.4 Å². The topological polar surface area (TPSA) is 127 Å². The molecule has 37 heavy (non-hydrogen) atoms. The molecule has 0 fully saturated rings. The molecule has 3 aromatic rings. The van der Waals surface area contributed by atoms with Crippen LogP contribution >= 0.6 is 23.2 Å². The van der Waals surface area contributed by atoms with E-state index in [0.717, 1.165) is 5.56 Å². The zero-order chi connectivity index (χ0) is 26.2. The zero-order valence-electron chi connectivity index (χ0n) is 19.1. The van der Waals surface area contributed by atoms with Crippen LogP contribution in [0.3, 0.4) is 0 Å². The number of carbonyl (C=O) groups is 3. The molecule has 0 saturated heterocycles. The Labute approximate surface area is 221 Å². The summed E-state index contributed by atoms with van der Waals surface area (Å²) in [6.07, 6.45) is 1.34. The van der Waals surface area contributed by atoms with Crippen LogP contribution in [0.2, 0.25) is 10.0 Å².